The molecule has 19 heavy (non-hydrogen) atoms. The highest BCUT2D eigenvalue weighted by atomic mass is 19.1. The van der Waals surface area contributed by atoms with Gasteiger partial charge in [-0.25, -0.2) is 4.39 Å². The van der Waals surface area contributed by atoms with Gasteiger partial charge in [-0.3, -0.25) is 4.79 Å². The number of hydrogen-bond donors (Lipinski definition) is 1. The molecule has 0 unspecified atom stereocenters. The standard InChI is InChI=1S/C15H16FNO2/c1-2-8-19-14-7-6-12(9-13(14)16)15(18)17-10-11-4-3-5-11/h1,6-7,9,11H,3-5,8,10H2,(H,17,18). The molecule has 0 spiro atoms. The summed E-state index contributed by atoms with van der Waals surface area (Å²) in [7, 11) is 0. The van der Waals surface area contributed by atoms with Gasteiger partial charge in [0.2, 0.25) is 0 Å². The Hall–Kier alpha value is -2.02. The number of benzene rings is 1. The lowest BCUT2D eigenvalue weighted by Gasteiger charge is -2.25. The van der Waals surface area contributed by atoms with Crippen molar-refractivity contribution in [3.05, 3.63) is 29.6 Å². The monoisotopic (exact) mass is 261 g/mol. The summed E-state index contributed by atoms with van der Waals surface area (Å²) in [5.41, 5.74) is 0.296. The molecule has 0 heterocycles. The Morgan fingerprint density at radius 3 is 2.89 bits per heavy atom. The van der Waals surface area contributed by atoms with Crippen molar-refractivity contribution in [2.24, 2.45) is 5.92 Å². The van der Waals surface area contributed by atoms with Crippen LogP contribution in [-0.4, -0.2) is 19.1 Å². The van der Waals surface area contributed by atoms with E-state index < -0.39 is 5.82 Å². The molecule has 2 rings (SSSR count). The fourth-order valence-corrected chi connectivity index (χ4v) is 1.91. The molecule has 0 radical (unpaired) electrons. The van der Waals surface area contributed by atoms with Crippen LogP contribution in [0.25, 0.3) is 0 Å². The molecular formula is C15H16FNO2. The lowest BCUT2D eigenvalue weighted by atomic mass is 9.85. The quantitative estimate of drug-likeness (QED) is 0.826. The lowest BCUT2D eigenvalue weighted by molar-refractivity contribution is 0.0938. The molecule has 1 aliphatic carbocycles. The minimum atomic E-state index is -0.577. The molecule has 1 N–H and O–H groups in total. The minimum absolute atomic E-state index is 0.00411. The van der Waals surface area contributed by atoms with Crippen LogP contribution < -0.4 is 10.1 Å². The van der Waals surface area contributed by atoms with Gasteiger partial charge in [-0.1, -0.05) is 12.3 Å². The van der Waals surface area contributed by atoms with Gasteiger partial charge in [-0.05, 0) is 37.0 Å². The molecule has 1 fully saturated rings. The molecule has 1 aliphatic rings. The molecule has 1 saturated carbocycles. The highest BCUT2D eigenvalue weighted by Gasteiger charge is 2.18. The number of carbonyl (C=O) groups is 1. The fraction of sp³-hybridized carbons (Fsp3) is 0.400. The highest BCUT2D eigenvalue weighted by molar-refractivity contribution is 5.94. The van der Waals surface area contributed by atoms with E-state index in [1.165, 1.54) is 24.6 Å². The van der Waals surface area contributed by atoms with E-state index in [4.69, 9.17) is 11.2 Å². The van der Waals surface area contributed by atoms with Gasteiger partial charge < -0.3 is 10.1 Å². The number of halogens is 1. The molecule has 1 aromatic rings. The summed E-state index contributed by atoms with van der Waals surface area (Å²) < 4.78 is 18.6. The number of nitrogens with one attached hydrogen (secondary N) is 1. The SMILES string of the molecule is C#CCOc1ccc(C(=O)NCC2CCC2)cc1F. The van der Waals surface area contributed by atoms with E-state index in [-0.39, 0.29) is 18.3 Å². The maximum absolute atomic E-state index is 13.6. The Balaban J connectivity index is 1.94. The van der Waals surface area contributed by atoms with Crippen LogP contribution in [0, 0.1) is 24.1 Å². The number of hydrogen-bond acceptors (Lipinski definition) is 2. The molecule has 100 valence electrons. The first-order valence-corrected chi connectivity index (χ1v) is 6.34. The second kappa shape index (κ2) is 6.24. The second-order valence-corrected chi connectivity index (χ2v) is 4.64. The Bertz CT molecular complexity index is 503. The predicted octanol–water partition coefficient (Wildman–Crippen LogP) is 2.37. The average molecular weight is 261 g/mol. The average Bonchev–Trinajstić information content (AvgIpc) is 2.35. The van der Waals surface area contributed by atoms with Gasteiger partial charge in [0, 0.05) is 12.1 Å². The number of ether oxygens (including phenoxy) is 1. The highest BCUT2D eigenvalue weighted by Crippen LogP contribution is 2.25. The molecule has 0 aromatic heterocycles. The third-order valence-corrected chi connectivity index (χ3v) is 3.28. The Labute approximate surface area is 112 Å². The van der Waals surface area contributed by atoms with Crippen molar-refractivity contribution in [1.29, 1.82) is 0 Å². The first kappa shape index (κ1) is 13.4. The Morgan fingerprint density at radius 2 is 2.32 bits per heavy atom. The van der Waals surface area contributed by atoms with E-state index in [9.17, 15) is 9.18 Å². The minimum Gasteiger partial charge on any atom is -0.478 e. The predicted molar refractivity (Wildman–Crippen MR) is 70.4 cm³/mol. The molecule has 1 aromatic carbocycles. The van der Waals surface area contributed by atoms with Crippen LogP contribution in [0.2, 0.25) is 0 Å². The summed E-state index contributed by atoms with van der Waals surface area (Å²) in [6.07, 6.45) is 8.58. The zero-order chi connectivity index (χ0) is 13.7. The van der Waals surface area contributed by atoms with E-state index in [1.54, 1.807) is 0 Å². The summed E-state index contributed by atoms with van der Waals surface area (Å²) in [5.74, 6) is 2.07. The van der Waals surface area contributed by atoms with Gasteiger partial charge in [-0.15, -0.1) is 6.42 Å². The first-order valence-electron chi connectivity index (χ1n) is 6.34. The van der Waals surface area contributed by atoms with Crippen LogP contribution in [0.15, 0.2) is 18.2 Å². The molecule has 0 atom stereocenters. The number of terminal acetylenes is 1. The topological polar surface area (TPSA) is 38.3 Å². The molecule has 0 aliphatic heterocycles. The smallest absolute Gasteiger partial charge is 0.251 e. The first-order chi connectivity index (χ1) is 9.20. The van der Waals surface area contributed by atoms with Crippen LogP contribution in [0.1, 0.15) is 29.6 Å². The second-order valence-electron chi connectivity index (χ2n) is 4.64. The van der Waals surface area contributed by atoms with Crippen LogP contribution in [0.3, 0.4) is 0 Å². The van der Waals surface area contributed by atoms with E-state index in [1.807, 2.05) is 0 Å². The lowest BCUT2D eigenvalue weighted by Crippen LogP contribution is -2.32. The van der Waals surface area contributed by atoms with Crippen molar-refractivity contribution < 1.29 is 13.9 Å². The summed E-state index contributed by atoms with van der Waals surface area (Å²) in [6, 6.07) is 4.12. The van der Waals surface area contributed by atoms with Gasteiger partial charge in [-0.2, -0.15) is 0 Å². The van der Waals surface area contributed by atoms with Gasteiger partial charge in [0.1, 0.15) is 6.61 Å². The van der Waals surface area contributed by atoms with Crippen molar-refractivity contribution in [3.8, 4) is 18.1 Å². The van der Waals surface area contributed by atoms with E-state index in [2.05, 4.69) is 11.2 Å². The maximum Gasteiger partial charge on any atom is 0.251 e. The largest absolute Gasteiger partial charge is 0.478 e. The summed E-state index contributed by atoms with van der Waals surface area (Å²) in [5, 5.41) is 2.81. The van der Waals surface area contributed by atoms with Crippen molar-refractivity contribution >= 4 is 5.91 Å². The molecule has 0 saturated heterocycles. The van der Waals surface area contributed by atoms with Gasteiger partial charge in [0.05, 0.1) is 0 Å². The fourth-order valence-electron chi connectivity index (χ4n) is 1.91. The zero-order valence-corrected chi connectivity index (χ0v) is 10.6. The Kier molecular flexibility index (Phi) is 4.40. The molecule has 3 nitrogen and oxygen atoms in total. The van der Waals surface area contributed by atoms with E-state index in [0.717, 1.165) is 12.8 Å². The Morgan fingerprint density at radius 1 is 1.53 bits per heavy atom. The van der Waals surface area contributed by atoms with E-state index in [0.29, 0.717) is 18.0 Å². The van der Waals surface area contributed by atoms with Crippen molar-refractivity contribution in [1.82, 2.24) is 5.32 Å². The zero-order valence-electron chi connectivity index (χ0n) is 10.6. The normalized spacial score (nSPS) is 14.3. The van der Waals surface area contributed by atoms with Crippen LogP contribution in [0.4, 0.5) is 4.39 Å². The maximum atomic E-state index is 13.6. The summed E-state index contributed by atoms with van der Waals surface area (Å²) in [6.45, 7) is 0.667. The van der Waals surface area contributed by atoms with Crippen molar-refractivity contribution in [2.75, 3.05) is 13.2 Å². The van der Waals surface area contributed by atoms with E-state index >= 15 is 0 Å². The van der Waals surface area contributed by atoms with Gasteiger partial charge in [0.15, 0.2) is 11.6 Å². The number of amides is 1. The molecule has 1 amide bonds. The number of carbonyl (C=O) groups excluding carboxylic acids is 1. The van der Waals surface area contributed by atoms with Crippen LogP contribution >= 0.6 is 0 Å². The number of rotatable bonds is 5. The molecular weight excluding hydrogens is 245 g/mol. The van der Waals surface area contributed by atoms with Crippen molar-refractivity contribution in [3.63, 3.8) is 0 Å². The third kappa shape index (κ3) is 3.47. The van der Waals surface area contributed by atoms with Crippen LogP contribution in [-0.2, 0) is 0 Å². The molecule has 4 heteroatoms. The molecule has 0 bridgehead atoms. The summed E-state index contributed by atoms with van der Waals surface area (Å²) in [4.78, 5) is 11.8. The van der Waals surface area contributed by atoms with Gasteiger partial charge in [0.25, 0.3) is 5.91 Å². The van der Waals surface area contributed by atoms with Gasteiger partial charge >= 0.3 is 0 Å². The van der Waals surface area contributed by atoms with Crippen molar-refractivity contribution in [2.45, 2.75) is 19.3 Å². The summed E-state index contributed by atoms with van der Waals surface area (Å²) >= 11 is 0. The van der Waals surface area contributed by atoms with Crippen LogP contribution in [0.5, 0.6) is 5.75 Å². The third-order valence-electron chi connectivity index (χ3n) is 3.28.